The fourth-order valence-electron chi connectivity index (χ4n) is 3.20. The number of hydrogen-bond acceptors (Lipinski definition) is 4. The Morgan fingerprint density at radius 1 is 1.36 bits per heavy atom. The van der Waals surface area contributed by atoms with E-state index >= 15 is 0 Å². The number of anilines is 1. The number of aryl methyl sites for hydroxylation is 1. The Morgan fingerprint density at radius 3 is 2.75 bits per heavy atom. The van der Waals surface area contributed by atoms with Gasteiger partial charge in [-0.1, -0.05) is 6.07 Å². The van der Waals surface area contributed by atoms with Gasteiger partial charge in [0.1, 0.15) is 0 Å². The minimum Gasteiger partial charge on any atom is -0.334 e. The lowest BCUT2D eigenvalue weighted by atomic mass is 9.98. The van der Waals surface area contributed by atoms with Crippen LogP contribution in [0.15, 0.2) is 40.2 Å². The number of sulfonamides is 1. The molecule has 7 nitrogen and oxygen atoms in total. The van der Waals surface area contributed by atoms with Crippen molar-refractivity contribution in [2.45, 2.75) is 44.7 Å². The number of nitrogens with one attached hydrogen (secondary N) is 1. The molecule has 0 aliphatic carbocycles. The van der Waals surface area contributed by atoms with E-state index in [1.165, 1.54) is 10.6 Å². The third-order valence-corrected chi connectivity index (χ3v) is 7.32. The van der Waals surface area contributed by atoms with Crippen molar-refractivity contribution in [1.29, 1.82) is 0 Å². The van der Waals surface area contributed by atoms with E-state index < -0.39 is 15.9 Å². The van der Waals surface area contributed by atoms with Crippen LogP contribution in [-0.4, -0.2) is 41.3 Å². The molecular formula is C19H25BrN4O3S. The fourth-order valence-corrected chi connectivity index (χ4v) is 5.23. The lowest BCUT2D eigenvalue weighted by Gasteiger charge is -2.30. The van der Waals surface area contributed by atoms with Crippen LogP contribution in [0.5, 0.6) is 0 Å². The number of rotatable bonds is 5. The number of hydrogen-bond donors (Lipinski definition) is 1. The molecule has 1 aliphatic rings. The Balaban J connectivity index is 1.72. The molecule has 1 aromatic carbocycles. The summed E-state index contributed by atoms with van der Waals surface area (Å²) < 4.78 is 29.8. The Bertz CT molecular complexity index is 971. The summed E-state index contributed by atoms with van der Waals surface area (Å²) in [7, 11) is -3.72. The second-order valence-electron chi connectivity index (χ2n) is 7.43. The number of carbonyl (C=O) groups excluding carboxylic acids is 1. The van der Waals surface area contributed by atoms with Gasteiger partial charge in [-0.25, -0.2) is 13.4 Å². The van der Waals surface area contributed by atoms with Crippen molar-refractivity contribution in [1.82, 2.24) is 13.9 Å². The van der Waals surface area contributed by atoms with Crippen molar-refractivity contribution >= 4 is 37.5 Å². The minimum atomic E-state index is -3.72. The lowest BCUT2D eigenvalue weighted by molar-refractivity contribution is -0.120. The highest BCUT2D eigenvalue weighted by atomic mass is 79.9. The summed E-state index contributed by atoms with van der Waals surface area (Å²) in [6.07, 6.45) is 4.37. The molecule has 9 heteroatoms. The van der Waals surface area contributed by atoms with Crippen molar-refractivity contribution < 1.29 is 13.2 Å². The highest BCUT2D eigenvalue weighted by Gasteiger charge is 2.34. The molecule has 0 saturated carbocycles. The molecule has 0 bridgehead atoms. The first-order valence-corrected chi connectivity index (χ1v) is 11.5. The summed E-state index contributed by atoms with van der Waals surface area (Å²) >= 11 is 3.46. The van der Waals surface area contributed by atoms with Crippen molar-refractivity contribution in [2.75, 3.05) is 18.4 Å². The first-order chi connectivity index (χ1) is 13.2. The monoisotopic (exact) mass is 468 g/mol. The SMILES string of the molecule is Cc1ccc(NC(=O)[C@@H]2CCCN(S(=O)(=O)c3cn(C(C)C)cn3)C2)c(Br)c1. The topological polar surface area (TPSA) is 84.3 Å². The van der Waals surface area contributed by atoms with E-state index in [0.29, 0.717) is 25.1 Å². The summed E-state index contributed by atoms with van der Waals surface area (Å²) in [4.78, 5) is 16.8. The van der Waals surface area contributed by atoms with Crippen LogP contribution < -0.4 is 5.32 Å². The molecule has 28 heavy (non-hydrogen) atoms. The van der Waals surface area contributed by atoms with Crippen LogP contribution in [0.1, 0.15) is 38.3 Å². The molecule has 0 unspecified atom stereocenters. The number of halogens is 1. The number of carbonyl (C=O) groups is 1. The third kappa shape index (κ3) is 4.47. The summed E-state index contributed by atoms with van der Waals surface area (Å²) in [6.45, 7) is 6.45. The Hall–Kier alpha value is -1.71. The normalized spacial score (nSPS) is 18.4. The second-order valence-corrected chi connectivity index (χ2v) is 10.2. The maximum Gasteiger partial charge on any atom is 0.262 e. The molecule has 3 rings (SSSR count). The molecule has 1 N–H and O–H groups in total. The van der Waals surface area contributed by atoms with E-state index in [-0.39, 0.29) is 23.5 Å². The molecule has 0 spiro atoms. The largest absolute Gasteiger partial charge is 0.334 e. The molecular weight excluding hydrogens is 444 g/mol. The molecule has 1 saturated heterocycles. The number of aromatic nitrogens is 2. The van der Waals surface area contributed by atoms with E-state index in [2.05, 4.69) is 26.2 Å². The number of benzene rings is 1. The summed E-state index contributed by atoms with van der Waals surface area (Å²) in [5, 5.41) is 2.94. The maximum atomic E-state index is 13.0. The molecule has 1 amide bonds. The van der Waals surface area contributed by atoms with E-state index in [0.717, 1.165) is 10.0 Å². The molecule has 0 radical (unpaired) electrons. The van der Waals surface area contributed by atoms with E-state index in [1.54, 1.807) is 10.8 Å². The van der Waals surface area contributed by atoms with Crippen LogP contribution in [-0.2, 0) is 14.8 Å². The van der Waals surface area contributed by atoms with Gasteiger partial charge in [0.2, 0.25) is 5.91 Å². The average molecular weight is 469 g/mol. The van der Waals surface area contributed by atoms with Crippen LogP contribution in [0.2, 0.25) is 0 Å². The minimum absolute atomic E-state index is 0.0311. The fraction of sp³-hybridized carbons (Fsp3) is 0.474. The van der Waals surface area contributed by atoms with Crippen LogP contribution in [0.4, 0.5) is 5.69 Å². The molecule has 152 valence electrons. The van der Waals surface area contributed by atoms with Crippen LogP contribution in [0.25, 0.3) is 0 Å². The highest BCUT2D eigenvalue weighted by Crippen LogP contribution is 2.27. The predicted octanol–water partition coefficient (Wildman–Crippen LogP) is 3.57. The van der Waals surface area contributed by atoms with E-state index in [1.807, 2.05) is 39.0 Å². The lowest BCUT2D eigenvalue weighted by Crippen LogP contribution is -2.43. The second kappa shape index (κ2) is 8.34. The van der Waals surface area contributed by atoms with Crippen molar-refractivity contribution in [2.24, 2.45) is 5.92 Å². The smallest absolute Gasteiger partial charge is 0.262 e. The Kier molecular flexibility index (Phi) is 6.26. The number of nitrogens with zero attached hydrogens (tertiary/aromatic N) is 3. The quantitative estimate of drug-likeness (QED) is 0.726. The van der Waals surface area contributed by atoms with Crippen molar-refractivity contribution in [3.05, 3.63) is 40.8 Å². The van der Waals surface area contributed by atoms with Gasteiger partial charge in [-0.3, -0.25) is 4.79 Å². The first-order valence-electron chi connectivity index (χ1n) is 9.29. The maximum absolute atomic E-state index is 13.0. The molecule has 1 aromatic heterocycles. The summed E-state index contributed by atoms with van der Waals surface area (Å²) in [5.74, 6) is -0.568. The summed E-state index contributed by atoms with van der Waals surface area (Å²) in [5.41, 5.74) is 1.77. The molecule has 2 heterocycles. The van der Waals surface area contributed by atoms with Crippen LogP contribution >= 0.6 is 15.9 Å². The van der Waals surface area contributed by atoms with Crippen LogP contribution in [0, 0.1) is 12.8 Å². The zero-order valence-corrected chi connectivity index (χ0v) is 18.6. The third-order valence-electron chi connectivity index (χ3n) is 4.92. The van der Waals surface area contributed by atoms with Gasteiger partial charge in [0, 0.05) is 29.8 Å². The number of piperidine rings is 1. The molecule has 1 atom stereocenters. The molecule has 2 aromatic rings. The van der Waals surface area contributed by atoms with Gasteiger partial charge in [-0.2, -0.15) is 4.31 Å². The van der Waals surface area contributed by atoms with Crippen molar-refractivity contribution in [3.63, 3.8) is 0 Å². The van der Waals surface area contributed by atoms with E-state index in [9.17, 15) is 13.2 Å². The number of imidazole rings is 1. The van der Waals surface area contributed by atoms with Gasteiger partial charge in [-0.15, -0.1) is 0 Å². The summed E-state index contributed by atoms with van der Waals surface area (Å²) in [6, 6.07) is 5.82. The zero-order chi connectivity index (χ0) is 20.5. The number of amides is 1. The zero-order valence-electron chi connectivity index (χ0n) is 16.2. The van der Waals surface area contributed by atoms with Crippen LogP contribution in [0.3, 0.4) is 0 Å². The standard InChI is InChI=1S/C19H25BrN4O3S/c1-13(2)23-11-18(21-12-23)28(26,27)24-8-4-5-15(10-24)19(25)22-17-7-6-14(3)9-16(17)20/h6-7,9,11-13,15H,4-5,8,10H2,1-3H3,(H,22,25)/t15-/m1/s1. The Labute approximate surface area is 174 Å². The average Bonchev–Trinajstić information content (AvgIpc) is 3.15. The van der Waals surface area contributed by atoms with Gasteiger partial charge in [0.15, 0.2) is 5.03 Å². The van der Waals surface area contributed by atoms with Gasteiger partial charge in [-0.05, 0) is 67.2 Å². The predicted molar refractivity (Wildman–Crippen MR) is 112 cm³/mol. The van der Waals surface area contributed by atoms with Gasteiger partial charge in [0.05, 0.1) is 17.9 Å². The van der Waals surface area contributed by atoms with Crippen molar-refractivity contribution in [3.8, 4) is 0 Å². The van der Waals surface area contributed by atoms with Gasteiger partial charge < -0.3 is 9.88 Å². The van der Waals surface area contributed by atoms with E-state index in [4.69, 9.17) is 0 Å². The molecule has 1 fully saturated rings. The molecule has 1 aliphatic heterocycles. The Morgan fingerprint density at radius 2 is 2.11 bits per heavy atom. The first kappa shape index (κ1) is 21.0. The highest BCUT2D eigenvalue weighted by molar-refractivity contribution is 9.10. The van der Waals surface area contributed by atoms with Gasteiger partial charge >= 0.3 is 0 Å². The van der Waals surface area contributed by atoms with Gasteiger partial charge in [0.25, 0.3) is 10.0 Å².